The molecule has 6 rings (SSSR count). The number of hydrogen-bond donors (Lipinski definition) is 0. The van der Waals surface area contributed by atoms with E-state index in [1.54, 1.807) is 29.1 Å². The number of anilines is 1. The largest absolute Gasteiger partial charge is 0.488 e. The Bertz CT molecular complexity index is 1810. The van der Waals surface area contributed by atoms with E-state index < -0.39 is 23.7 Å². The third kappa shape index (κ3) is 7.79. The fraction of sp³-hybridized carbons (Fsp3) is 0.417. The van der Waals surface area contributed by atoms with Gasteiger partial charge in [-0.3, -0.25) is 14.5 Å². The molecule has 2 aliphatic heterocycles. The van der Waals surface area contributed by atoms with Crippen molar-refractivity contribution in [3.05, 3.63) is 83.7 Å². The van der Waals surface area contributed by atoms with Gasteiger partial charge in [0.25, 0.3) is 0 Å². The first-order valence-corrected chi connectivity index (χ1v) is 16.3. The average molecular weight is 673 g/mol. The molecule has 2 aliphatic rings. The monoisotopic (exact) mass is 672 g/mol. The predicted octanol–water partition coefficient (Wildman–Crippen LogP) is 5.66. The van der Waals surface area contributed by atoms with Crippen molar-refractivity contribution >= 4 is 17.7 Å². The lowest BCUT2D eigenvalue weighted by molar-refractivity contribution is -0.155. The van der Waals surface area contributed by atoms with Crippen LogP contribution >= 0.6 is 0 Å². The van der Waals surface area contributed by atoms with Crippen LogP contribution in [0.15, 0.2) is 60.9 Å². The molecule has 12 nitrogen and oxygen atoms in total. The summed E-state index contributed by atoms with van der Waals surface area (Å²) in [5.74, 6) is -0.00107. The molecule has 5 heterocycles. The van der Waals surface area contributed by atoms with Gasteiger partial charge in [0.05, 0.1) is 30.2 Å². The first-order chi connectivity index (χ1) is 23.5. The molecule has 49 heavy (non-hydrogen) atoms. The minimum atomic E-state index is -0.656. The van der Waals surface area contributed by atoms with E-state index in [4.69, 9.17) is 24.1 Å². The van der Waals surface area contributed by atoms with Gasteiger partial charge < -0.3 is 14.2 Å². The molecule has 1 fully saturated rings. The van der Waals surface area contributed by atoms with Gasteiger partial charge in [0.15, 0.2) is 11.6 Å². The fourth-order valence-corrected chi connectivity index (χ4v) is 6.15. The zero-order valence-electron chi connectivity index (χ0n) is 28.4. The molecule has 0 N–H and O–H groups in total. The van der Waals surface area contributed by atoms with E-state index in [1.807, 2.05) is 64.1 Å². The molecule has 1 saturated heterocycles. The van der Waals surface area contributed by atoms with Crippen LogP contribution in [0.25, 0.3) is 16.9 Å². The van der Waals surface area contributed by atoms with E-state index in [2.05, 4.69) is 9.97 Å². The molecule has 0 aliphatic carbocycles. The number of hydrogen-bond acceptors (Lipinski definition) is 10. The quantitative estimate of drug-likeness (QED) is 0.195. The number of rotatable bonds is 10. The predicted molar refractivity (Wildman–Crippen MR) is 179 cm³/mol. The molecule has 13 heteroatoms. The highest BCUT2D eigenvalue weighted by Gasteiger charge is 2.37. The molecular formula is C36H41FN6O6. The Kier molecular flexibility index (Phi) is 10.0. The lowest BCUT2D eigenvalue weighted by atomic mass is 9.91. The number of pyridine rings is 2. The summed E-state index contributed by atoms with van der Waals surface area (Å²) >= 11 is 0. The van der Waals surface area contributed by atoms with Gasteiger partial charge in [-0.25, -0.2) is 19.4 Å². The minimum absolute atomic E-state index is 0.00616. The number of halogens is 1. The lowest BCUT2D eigenvalue weighted by Gasteiger charge is -2.30. The molecule has 0 saturated carbocycles. The van der Waals surface area contributed by atoms with Gasteiger partial charge in [-0.05, 0) is 69.2 Å². The number of carbonyl (C=O) groups excluding carboxylic acids is 2. The number of para-hydroxylation sites is 1. The zero-order chi connectivity index (χ0) is 34.7. The summed E-state index contributed by atoms with van der Waals surface area (Å²) in [6.45, 7) is 9.45. The highest BCUT2D eigenvalue weighted by molar-refractivity contribution is 5.89. The van der Waals surface area contributed by atoms with E-state index in [0.717, 1.165) is 16.9 Å². The number of ether oxygens (including phenoxy) is 3. The summed E-state index contributed by atoms with van der Waals surface area (Å²) < 4.78 is 32.6. The van der Waals surface area contributed by atoms with Crippen molar-refractivity contribution in [2.45, 2.75) is 52.2 Å². The van der Waals surface area contributed by atoms with E-state index >= 15 is 0 Å². The lowest BCUT2D eigenvalue weighted by Crippen LogP contribution is -2.42. The summed E-state index contributed by atoms with van der Waals surface area (Å²) in [4.78, 5) is 42.8. The van der Waals surface area contributed by atoms with Crippen molar-refractivity contribution in [3.63, 3.8) is 0 Å². The van der Waals surface area contributed by atoms with Crippen LogP contribution in [-0.2, 0) is 25.5 Å². The summed E-state index contributed by atoms with van der Waals surface area (Å²) in [6.07, 6.45) is 2.39. The number of benzene rings is 1. The molecule has 258 valence electrons. The number of aromatic nitrogens is 4. The third-order valence-electron chi connectivity index (χ3n) is 8.40. The Labute approximate surface area is 284 Å². The van der Waals surface area contributed by atoms with Crippen molar-refractivity contribution in [3.8, 4) is 22.7 Å². The zero-order valence-corrected chi connectivity index (χ0v) is 28.4. The van der Waals surface area contributed by atoms with Crippen LogP contribution in [0.3, 0.4) is 0 Å². The summed E-state index contributed by atoms with van der Waals surface area (Å²) in [5, 5.41) is 6.75. The first kappa shape index (κ1) is 34.2. The standard InChI is InChI=1S/C36H41FN6O6/c1-23-29(20-28(44)17-26-22-41(13-15-46-5)49-33(26)24-11-12-38-31(37)19-24)43(27-9-7-6-8-10-27)40-32(23)25-18-30-34(39-21-25)42(14-16-47-30)35(45)48-36(2,3)4/h6-12,18-19,21,26,33H,13-17,20,22H2,1-5H3/t26-,33+/m1/s1. The Morgan fingerprint density at radius 1 is 1.10 bits per heavy atom. The third-order valence-corrected chi connectivity index (χ3v) is 8.40. The summed E-state index contributed by atoms with van der Waals surface area (Å²) in [6, 6.07) is 14.5. The second-order valence-electron chi connectivity index (χ2n) is 13.2. The molecule has 3 aromatic heterocycles. The van der Waals surface area contributed by atoms with Crippen LogP contribution in [0.5, 0.6) is 5.75 Å². The molecule has 0 bridgehead atoms. The summed E-state index contributed by atoms with van der Waals surface area (Å²) in [7, 11) is 1.62. The highest BCUT2D eigenvalue weighted by Crippen LogP contribution is 2.38. The number of amides is 1. The topological polar surface area (TPSA) is 121 Å². The van der Waals surface area contributed by atoms with Gasteiger partial charge in [-0.15, -0.1) is 0 Å². The van der Waals surface area contributed by atoms with E-state index in [-0.39, 0.29) is 31.1 Å². The van der Waals surface area contributed by atoms with E-state index in [9.17, 15) is 14.0 Å². The van der Waals surface area contributed by atoms with Crippen LogP contribution in [-0.4, -0.2) is 82.2 Å². The molecule has 2 atom stereocenters. The van der Waals surface area contributed by atoms with Gasteiger partial charge in [0.1, 0.15) is 24.1 Å². The van der Waals surface area contributed by atoms with Gasteiger partial charge in [0.2, 0.25) is 5.95 Å². The first-order valence-electron chi connectivity index (χ1n) is 16.3. The SMILES string of the molecule is COCCN1C[C@@H](CC(=O)Cc2c(C)c(-c3cnc4c(c3)OCCN4C(=O)OC(C)(C)C)nn2-c2ccccc2)[C@H](c2ccnc(F)c2)O1. The van der Waals surface area contributed by atoms with Crippen LogP contribution in [0.1, 0.15) is 50.1 Å². The molecule has 0 unspecified atom stereocenters. The number of fused-ring (bicyclic) bond motifs is 1. The molecule has 4 aromatic rings. The highest BCUT2D eigenvalue weighted by atomic mass is 19.1. The maximum absolute atomic E-state index is 14.1. The van der Waals surface area contributed by atoms with Crippen molar-refractivity contribution in [2.75, 3.05) is 44.9 Å². The van der Waals surface area contributed by atoms with E-state index in [1.165, 1.54) is 17.2 Å². The van der Waals surface area contributed by atoms with Crippen molar-refractivity contribution < 1.29 is 33.0 Å². The van der Waals surface area contributed by atoms with Gasteiger partial charge in [-0.2, -0.15) is 14.6 Å². The van der Waals surface area contributed by atoms with Crippen molar-refractivity contribution in [1.29, 1.82) is 0 Å². The number of nitrogens with zero attached hydrogens (tertiary/aromatic N) is 6. The number of ketones is 1. The number of hydroxylamine groups is 2. The second-order valence-corrected chi connectivity index (χ2v) is 13.2. The Hall–Kier alpha value is -4.72. The van der Waals surface area contributed by atoms with Crippen LogP contribution in [0, 0.1) is 18.8 Å². The van der Waals surface area contributed by atoms with Crippen LogP contribution in [0.2, 0.25) is 0 Å². The maximum Gasteiger partial charge on any atom is 0.416 e. The molecule has 1 amide bonds. The Morgan fingerprint density at radius 3 is 2.63 bits per heavy atom. The molecular weight excluding hydrogens is 631 g/mol. The Balaban J connectivity index is 1.28. The smallest absolute Gasteiger partial charge is 0.416 e. The minimum Gasteiger partial charge on any atom is -0.488 e. The maximum atomic E-state index is 14.1. The fourth-order valence-electron chi connectivity index (χ4n) is 6.15. The molecule has 0 spiro atoms. The van der Waals surface area contributed by atoms with Crippen LogP contribution < -0.4 is 9.64 Å². The van der Waals surface area contributed by atoms with Gasteiger partial charge in [0, 0.05) is 56.9 Å². The second kappa shape index (κ2) is 14.4. The van der Waals surface area contributed by atoms with Crippen molar-refractivity contribution in [1.82, 2.24) is 24.8 Å². The molecule has 0 radical (unpaired) electrons. The number of methoxy groups -OCH3 is 1. The number of carbonyl (C=O) groups is 2. The van der Waals surface area contributed by atoms with Gasteiger partial charge in [-0.1, -0.05) is 18.2 Å². The van der Waals surface area contributed by atoms with Crippen molar-refractivity contribution in [2.24, 2.45) is 5.92 Å². The number of Topliss-reactive ketones (excluding diaryl/α,β-unsaturated/α-hetero) is 1. The average Bonchev–Trinajstić information content (AvgIpc) is 3.62. The van der Waals surface area contributed by atoms with E-state index in [0.29, 0.717) is 54.6 Å². The van der Waals surface area contributed by atoms with Gasteiger partial charge >= 0.3 is 6.09 Å². The normalized spacial score (nSPS) is 17.9. The summed E-state index contributed by atoms with van der Waals surface area (Å²) in [5.41, 5.74) is 3.65. The van der Waals surface area contributed by atoms with Crippen LogP contribution in [0.4, 0.5) is 15.0 Å². The Morgan fingerprint density at radius 2 is 1.90 bits per heavy atom. The molecule has 1 aromatic carbocycles.